The number of carbonyl (C=O) groups is 3. The summed E-state index contributed by atoms with van der Waals surface area (Å²) < 4.78 is 34.6. The van der Waals surface area contributed by atoms with Crippen molar-refractivity contribution in [2.45, 2.75) is 123 Å². The topological polar surface area (TPSA) is 201 Å². The van der Waals surface area contributed by atoms with Crippen molar-refractivity contribution >= 4 is 48.1 Å². The molecule has 1 aromatic heterocycles. The number of aromatic nitrogens is 2. The lowest BCUT2D eigenvalue weighted by atomic mass is 9.45. The Morgan fingerprint density at radius 3 is 2.43 bits per heavy atom. The van der Waals surface area contributed by atoms with Crippen molar-refractivity contribution in [2.75, 3.05) is 6.61 Å². The number of rotatable bonds is 9. The number of phosphoric acid groups is 1. The predicted molar refractivity (Wildman–Crippen MR) is 183 cm³/mol. The molecule has 1 aliphatic heterocycles. The molecule has 4 saturated carbocycles. The van der Waals surface area contributed by atoms with Crippen LogP contribution >= 0.6 is 30.4 Å². The van der Waals surface area contributed by atoms with E-state index in [1.54, 1.807) is 22.6 Å². The molecule has 5 unspecified atom stereocenters. The molecule has 1 aromatic rings. The molecule has 10 atom stereocenters. The fourth-order valence-corrected chi connectivity index (χ4v) is 10.6. The first-order valence-corrected chi connectivity index (χ1v) is 19.5. The standard InChI is InChI=1S/C32H44IN2O12P.CH4/c1-31-11-9-18(36)13-17(31)3-4-19-20-5-6-25(32(20,2)12-10-21(19)31)47-28(38)8-7-27(37)46-23-14-26(45-24(23)16-44-48(41,42)43)35-15-22(33)29(39)34-30(35)40;/h15,17,19-21,23-26H,3-14,16H2,1-2H3,(H,34,39,40)(H2,41,42,43);1H4/t17-,19?,20-,21?,23?,24?,25-,26?,31-,32-;/m0./s1/i33-2;. The Labute approximate surface area is 298 Å². The van der Waals surface area contributed by atoms with E-state index < -0.39 is 56.1 Å². The Morgan fingerprint density at radius 1 is 1.02 bits per heavy atom. The van der Waals surface area contributed by atoms with Crippen LogP contribution in [0.5, 0.6) is 0 Å². The maximum Gasteiger partial charge on any atom is 0.469 e. The number of hydrogen-bond acceptors (Lipinski definition) is 10. The van der Waals surface area contributed by atoms with Crippen LogP contribution in [0.1, 0.15) is 105 Å². The van der Waals surface area contributed by atoms with Gasteiger partial charge in [-0.3, -0.25) is 33.3 Å². The minimum absolute atomic E-state index is 0. The number of hydrogen-bond donors (Lipinski definition) is 3. The number of ether oxygens (including phenoxy) is 3. The van der Waals surface area contributed by atoms with Gasteiger partial charge in [-0.15, -0.1) is 0 Å². The number of nitrogens with zero attached hydrogens (tertiary/aromatic N) is 1. The van der Waals surface area contributed by atoms with E-state index in [0.717, 1.165) is 55.9 Å². The van der Waals surface area contributed by atoms with Gasteiger partial charge in [0.1, 0.15) is 30.3 Å². The van der Waals surface area contributed by atoms with Crippen LogP contribution in [0.4, 0.5) is 0 Å². The lowest BCUT2D eigenvalue weighted by molar-refractivity contribution is -0.167. The van der Waals surface area contributed by atoms with Crippen LogP contribution in [0.3, 0.4) is 0 Å². The lowest BCUT2D eigenvalue weighted by Gasteiger charge is -2.60. The molecule has 0 bridgehead atoms. The molecule has 0 radical (unpaired) electrons. The van der Waals surface area contributed by atoms with E-state index >= 15 is 0 Å². The van der Waals surface area contributed by atoms with Gasteiger partial charge in [-0.25, -0.2) is 9.36 Å². The van der Waals surface area contributed by atoms with Crippen LogP contribution in [0.15, 0.2) is 15.8 Å². The second-order valence-electron chi connectivity index (χ2n) is 14.8. The smallest absolute Gasteiger partial charge is 0.462 e. The van der Waals surface area contributed by atoms with E-state index in [4.69, 9.17) is 14.2 Å². The summed E-state index contributed by atoms with van der Waals surface area (Å²) in [5.74, 6) is 1.26. The Bertz CT molecular complexity index is 1610. The second kappa shape index (κ2) is 14.6. The highest BCUT2D eigenvalue weighted by atomic mass is 125. The van der Waals surface area contributed by atoms with Crippen molar-refractivity contribution in [1.82, 2.24) is 9.55 Å². The van der Waals surface area contributed by atoms with Crippen molar-refractivity contribution in [3.63, 3.8) is 0 Å². The Hall–Kier alpha value is -1.91. The van der Waals surface area contributed by atoms with Crippen LogP contribution < -0.4 is 11.2 Å². The molecule has 4 aliphatic carbocycles. The number of carbonyl (C=O) groups excluding carboxylic acids is 3. The molecule has 0 amide bonds. The van der Waals surface area contributed by atoms with E-state index in [1.807, 2.05) is 0 Å². The van der Waals surface area contributed by atoms with Gasteiger partial charge in [0, 0.05) is 30.9 Å². The fraction of sp³-hybridized carbons (Fsp3) is 0.788. The third-order valence-electron chi connectivity index (χ3n) is 12.3. The number of halogens is 1. The number of ketones is 1. The molecule has 1 saturated heterocycles. The maximum atomic E-state index is 13.1. The SMILES string of the molecule is C.C[C@]12CCC3C(CC[C@H]4CC(=O)CC[C@]34C)[C@@H]1CC[C@@H]2OC(=O)CCC(=O)OC1CC(n2cc([125I])c(=O)[nH]c2=O)OC1COP(=O)(O)O. The van der Waals surface area contributed by atoms with E-state index in [1.165, 1.54) is 6.20 Å². The summed E-state index contributed by atoms with van der Waals surface area (Å²) in [5.41, 5.74) is -1.28. The zero-order valence-corrected chi connectivity index (χ0v) is 30.2. The van der Waals surface area contributed by atoms with Gasteiger partial charge in [-0.1, -0.05) is 21.3 Å². The van der Waals surface area contributed by atoms with E-state index in [2.05, 4.69) is 23.4 Å². The molecule has 49 heavy (non-hydrogen) atoms. The summed E-state index contributed by atoms with van der Waals surface area (Å²) in [6.07, 6.45) is 5.70. The molecule has 2 heterocycles. The van der Waals surface area contributed by atoms with E-state index in [0.29, 0.717) is 35.9 Å². The number of H-pyrrole nitrogens is 1. The van der Waals surface area contributed by atoms with Crippen LogP contribution in [-0.2, 0) is 37.7 Å². The molecule has 5 fully saturated rings. The molecule has 274 valence electrons. The first kappa shape index (κ1) is 38.3. The summed E-state index contributed by atoms with van der Waals surface area (Å²) in [7, 11) is -4.88. The van der Waals surface area contributed by atoms with Gasteiger partial charge in [-0.2, -0.15) is 0 Å². The molecule has 3 N–H and O–H groups in total. The maximum absolute atomic E-state index is 13.1. The highest BCUT2D eigenvalue weighted by Gasteiger charge is 2.61. The highest BCUT2D eigenvalue weighted by molar-refractivity contribution is 14.1. The van der Waals surface area contributed by atoms with Gasteiger partial charge in [0.2, 0.25) is 0 Å². The molecule has 6 rings (SSSR count). The minimum Gasteiger partial charge on any atom is -0.462 e. The first-order valence-electron chi connectivity index (χ1n) is 16.8. The number of fused-ring (bicyclic) bond motifs is 5. The summed E-state index contributed by atoms with van der Waals surface area (Å²) in [4.78, 5) is 82.9. The zero-order valence-electron chi connectivity index (χ0n) is 27.1. The summed E-state index contributed by atoms with van der Waals surface area (Å²) in [6, 6.07) is 0. The minimum atomic E-state index is -4.88. The fourth-order valence-electron chi connectivity index (χ4n) is 9.83. The molecule has 5 aliphatic rings. The Kier molecular flexibility index (Phi) is 11.4. The van der Waals surface area contributed by atoms with Gasteiger partial charge in [-0.05, 0) is 96.6 Å². The second-order valence-corrected chi connectivity index (χ2v) is 17.2. The van der Waals surface area contributed by atoms with Crippen LogP contribution in [0.25, 0.3) is 0 Å². The highest BCUT2D eigenvalue weighted by Crippen LogP contribution is 2.66. The van der Waals surface area contributed by atoms with Crippen molar-refractivity contribution in [2.24, 2.45) is 34.5 Å². The van der Waals surface area contributed by atoms with Crippen molar-refractivity contribution in [3.8, 4) is 0 Å². The van der Waals surface area contributed by atoms with Crippen molar-refractivity contribution in [1.29, 1.82) is 0 Å². The zero-order chi connectivity index (χ0) is 34.6. The largest absolute Gasteiger partial charge is 0.469 e. The van der Waals surface area contributed by atoms with Gasteiger partial charge in [0.15, 0.2) is 0 Å². The van der Waals surface area contributed by atoms with Gasteiger partial charge in [0.05, 0.1) is 23.0 Å². The van der Waals surface area contributed by atoms with Crippen molar-refractivity contribution in [3.05, 3.63) is 30.6 Å². The van der Waals surface area contributed by atoms with Gasteiger partial charge < -0.3 is 24.0 Å². The average molecular weight is 821 g/mol. The molecule has 0 aromatic carbocycles. The van der Waals surface area contributed by atoms with Crippen LogP contribution in [0.2, 0.25) is 0 Å². The Morgan fingerprint density at radius 2 is 1.71 bits per heavy atom. The summed E-state index contributed by atoms with van der Waals surface area (Å²) in [6.45, 7) is 4.03. The van der Waals surface area contributed by atoms with E-state index in [-0.39, 0.29) is 47.2 Å². The third kappa shape index (κ3) is 7.81. The summed E-state index contributed by atoms with van der Waals surface area (Å²) in [5, 5.41) is 0. The van der Waals surface area contributed by atoms with E-state index in [9.17, 15) is 38.3 Å². The molecular formula is C33H48IN2O12P. The lowest BCUT2D eigenvalue weighted by Crippen LogP contribution is -2.54. The third-order valence-corrected chi connectivity index (χ3v) is 13.6. The normalized spacial score (nSPS) is 37.0. The quantitative estimate of drug-likeness (QED) is 0.181. The van der Waals surface area contributed by atoms with Gasteiger partial charge >= 0.3 is 25.5 Å². The monoisotopic (exact) mass is 820 g/mol. The average Bonchev–Trinajstić information content (AvgIpc) is 3.56. The number of Topliss-reactive ketones (excluding diaryl/α,β-unsaturated/α-hetero) is 1. The summed E-state index contributed by atoms with van der Waals surface area (Å²) >= 11 is 1.75. The number of phosphoric ester groups is 1. The number of esters is 2. The Balaban J connectivity index is 0.00000468. The predicted octanol–water partition coefficient (Wildman–Crippen LogP) is 4.39. The molecule has 14 nitrogen and oxygen atoms in total. The number of aromatic amines is 1. The van der Waals surface area contributed by atoms with Crippen LogP contribution in [0, 0.1) is 38.1 Å². The number of nitrogens with one attached hydrogen (secondary N) is 1. The van der Waals surface area contributed by atoms with Gasteiger partial charge in [0.25, 0.3) is 5.56 Å². The van der Waals surface area contributed by atoms with Crippen LogP contribution in [-0.4, -0.2) is 62.0 Å². The molecular weight excluding hydrogens is 772 g/mol. The molecule has 16 heteroatoms. The first-order chi connectivity index (χ1) is 22.6. The molecule has 0 spiro atoms. The van der Waals surface area contributed by atoms with Crippen molar-refractivity contribution < 1.29 is 47.5 Å².